The number of amidine groups is 1. The van der Waals surface area contributed by atoms with Crippen molar-refractivity contribution in [3.63, 3.8) is 0 Å². The number of nitrogen functional groups attached to an aromatic ring is 1. The van der Waals surface area contributed by atoms with Gasteiger partial charge in [0.2, 0.25) is 0 Å². The van der Waals surface area contributed by atoms with Gasteiger partial charge in [-0.15, -0.1) is 0 Å². The minimum atomic E-state index is -0.137. The van der Waals surface area contributed by atoms with Gasteiger partial charge in [-0.25, -0.2) is 4.98 Å². The van der Waals surface area contributed by atoms with Gasteiger partial charge in [0.25, 0.3) is 0 Å². The first-order chi connectivity index (χ1) is 14.5. The average molecular weight is 429 g/mol. The number of aliphatic hydroxyl groups is 1. The topological polar surface area (TPSA) is 140 Å². The zero-order valence-electron chi connectivity index (χ0n) is 17.1. The molecule has 0 aliphatic heterocycles. The fourth-order valence-electron chi connectivity index (χ4n) is 3.31. The third-order valence-electron chi connectivity index (χ3n) is 4.83. The van der Waals surface area contributed by atoms with Crippen molar-refractivity contribution in [2.24, 2.45) is 17.4 Å². The average Bonchev–Trinajstić information content (AvgIpc) is 3.08. The van der Waals surface area contributed by atoms with Gasteiger partial charge in [-0.05, 0) is 23.1 Å². The number of benzene rings is 2. The lowest BCUT2D eigenvalue weighted by Gasteiger charge is -2.13. The molecular weight excluding hydrogens is 400 g/mol. The quantitative estimate of drug-likeness (QED) is 0.162. The Morgan fingerprint density at radius 1 is 1.13 bits per heavy atom. The number of aliphatic hydroxyl groups excluding tert-OH is 1. The van der Waals surface area contributed by atoms with Crippen LogP contribution in [0, 0.1) is 5.41 Å². The van der Waals surface area contributed by atoms with Crippen molar-refractivity contribution in [3.8, 4) is 11.1 Å². The number of aryl methyl sites for hydroxylation is 1. The largest absolute Gasteiger partial charge is 0.390 e. The normalized spacial score (nSPS) is 10.4. The van der Waals surface area contributed by atoms with Crippen LogP contribution < -0.4 is 17.4 Å². The number of rotatable bonds is 8. The summed E-state index contributed by atoms with van der Waals surface area (Å²) in [5.74, 6) is 8.96. The molecule has 3 aromatic rings. The van der Waals surface area contributed by atoms with Gasteiger partial charge in [-0.2, -0.15) is 0 Å². The SMILES string of the molecule is CCCCc1nc(Cl)c(CO)n1Cc1ccc(-c2ccccc2C(=N)N)cc1.NN. The van der Waals surface area contributed by atoms with Crippen LogP contribution in [0.25, 0.3) is 11.1 Å². The number of aromatic nitrogens is 2. The number of hydrogen-bond donors (Lipinski definition) is 5. The highest BCUT2D eigenvalue weighted by Crippen LogP contribution is 2.25. The fraction of sp³-hybridized carbons (Fsp3) is 0.273. The predicted octanol–water partition coefficient (Wildman–Crippen LogP) is 3.19. The maximum absolute atomic E-state index is 9.71. The van der Waals surface area contributed by atoms with Crippen LogP contribution in [0.15, 0.2) is 48.5 Å². The van der Waals surface area contributed by atoms with E-state index in [0.717, 1.165) is 47.3 Å². The maximum atomic E-state index is 9.71. The van der Waals surface area contributed by atoms with Gasteiger partial charge in [0.1, 0.15) is 11.7 Å². The summed E-state index contributed by atoms with van der Waals surface area (Å²) >= 11 is 6.22. The maximum Gasteiger partial charge on any atom is 0.152 e. The second-order valence-electron chi connectivity index (χ2n) is 6.77. The molecule has 1 heterocycles. The second-order valence-corrected chi connectivity index (χ2v) is 7.13. The second kappa shape index (κ2) is 11.5. The van der Waals surface area contributed by atoms with Crippen molar-refractivity contribution in [3.05, 3.63) is 76.3 Å². The minimum absolute atomic E-state index is 0.0564. The Bertz CT molecular complexity index is 968. The van der Waals surface area contributed by atoms with Gasteiger partial charge in [0.05, 0.1) is 12.3 Å². The van der Waals surface area contributed by atoms with Gasteiger partial charge in [0.15, 0.2) is 5.15 Å². The summed E-state index contributed by atoms with van der Waals surface area (Å²) in [5.41, 5.74) is 10.1. The van der Waals surface area contributed by atoms with Crippen LogP contribution in [0.1, 0.15) is 42.4 Å². The molecular formula is C22H29ClN6O. The Morgan fingerprint density at radius 2 is 1.80 bits per heavy atom. The summed E-state index contributed by atoms with van der Waals surface area (Å²) in [6, 6.07) is 15.8. The Kier molecular flexibility index (Phi) is 9.01. The summed E-state index contributed by atoms with van der Waals surface area (Å²) in [5, 5.41) is 17.9. The van der Waals surface area contributed by atoms with Crippen molar-refractivity contribution >= 4 is 17.4 Å². The first kappa shape index (κ1) is 23.6. The highest BCUT2D eigenvalue weighted by atomic mass is 35.5. The number of imidazole rings is 1. The molecule has 0 unspecified atom stereocenters. The van der Waals surface area contributed by atoms with Gasteiger partial charge in [-0.3, -0.25) is 17.1 Å². The molecule has 30 heavy (non-hydrogen) atoms. The van der Waals surface area contributed by atoms with Crippen molar-refractivity contribution in [2.75, 3.05) is 0 Å². The summed E-state index contributed by atoms with van der Waals surface area (Å²) in [6.07, 6.45) is 2.93. The number of hydrazine groups is 1. The number of nitrogens with one attached hydrogen (secondary N) is 1. The molecule has 8 N–H and O–H groups in total. The van der Waals surface area contributed by atoms with Crippen molar-refractivity contribution in [1.82, 2.24) is 9.55 Å². The zero-order valence-corrected chi connectivity index (χ0v) is 17.9. The van der Waals surface area contributed by atoms with Crippen molar-refractivity contribution < 1.29 is 5.11 Å². The van der Waals surface area contributed by atoms with E-state index in [1.165, 1.54) is 0 Å². The lowest BCUT2D eigenvalue weighted by Crippen LogP contribution is -2.12. The van der Waals surface area contributed by atoms with Crippen LogP contribution in [-0.2, 0) is 19.6 Å². The molecule has 0 fully saturated rings. The van der Waals surface area contributed by atoms with E-state index in [1.807, 2.05) is 53.1 Å². The highest BCUT2D eigenvalue weighted by Gasteiger charge is 2.15. The fourth-order valence-corrected chi connectivity index (χ4v) is 3.57. The molecule has 2 aromatic carbocycles. The third-order valence-corrected chi connectivity index (χ3v) is 5.13. The minimum Gasteiger partial charge on any atom is -0.390 e. The Morgan fingerprint density at radius 3 is 2.40 bits per heavy atom. The van der Waals surface area contributed by atoms with Gasteiger partial charge in [0, 0.05) is 18.5 Å². The third kappa shape index (κ3) is 5.46. The van der Waals surface area contributed by atoms with Gasteiger partial charge >= 0.3 is 0 Å². The molecule has 8 heteroatoms. The van der Waals surface area contributed by atoms with E-state index in [2.05, 4.69) is 23.6 Å². The van der Waals surface area contributed by atoms with E-state index in [4.69, 9.17) is 22.7 Å². The molecule has 3 rings (SSSR count). The molecule has 0 saturated heterocycles. The lowest BCUT2D eigenvalue weighted by molar-refractivity contribution is 0.271. The van der Waals surface area contributed by atoms with Crippen LogP contribution in [0.3, 0.4) is 0 Å². The molecule has 0 radical (unpaired) electrons. The number of hydrogen-bond acceptors (Lipinski definition) is 5. The van der Waals surface area contributed by atoms with E-state index >= 15 is 0 Å². The number of nitrogens with zero attached hydrogens (tertiary/aromatic N) is 2. The molecule has 0 saturated carbocycles. The Labute approximate surface area is 182 Å². The molecule has 0 spiro atoms. The predicted molar refractivity (Wildman–Crippen MR) is 122 cm³/mol. The van der Waals surface area contributed by atoms with Crippen LogP contribution in [-0.4, -0.2) is 20.5 Å². The molecule has 7 nitrogen and oxygen atoms in total. The van der Waals surface area contributed by atoms with Crippen LogP contribution in [0.5, 0.6) is 0 Å². The summed E-state index contributed by atoms with van der Waals surface area (Å²) in [6.45, 7) is 2.60. The smallest absolute Gasteiger partial charge is 0.152 e. The molecule has 0 atom stereocenters. The zero-order chi connectivity index (χ0) is 22.1. The molecule has 0 aliphatic carbocycles. The lowest BCUT2D eigenvalue weighted by atomic mass is 9.98. The van der Waals surface area contributed by atoms with Gasteiger partial charge in [-0.1, -0.05) is 73.5 Å². The van der Waals surface area contributed by atoms with Crippen molar-refractivity contribution in [2.45, 2.75) is 39.3 Å². The summed E-state index contributed by atoms with van der Waals surface area (Å²) in [7, 11) is 0. The number of halogens is 1. The van der Waals surface area contributed by atoms with E-state index in [-0.39, 0.29) is 12.4 Å². The van der Waals surface area contributed by atoms with E-state index in [9.17, 15) is 5.11 Å². The summed E-state index contributed by atoms with van der Waals surface area (Å²) < 4.78 is 2.01. The summed E-state index contributed by atoms with van der Waals surface area (Å²) in [4.78, 5) is 4.44. The Hall–Kier alpha value is -2.71. The van der Waals surface area contributed by atoms with E-state index in [1.54, 1.807) is 0 Å². The molecule has 0 aliphatic rings. The highest BCUT2D eigenvalue weighted by molar-refractivity contribution is 6.30. The molecule has 0 amide bonds. The standard InChI is InChI=1S/C22H25ClN4O.H4N2/c1-2-3-8-20-26-21(23)19(14-28)27(20)13-15-9-11-16(12-10-15)17-6-4-5-7-18(17)22(24)25;1-2/h4-7,9-12,28H,2-3,8,13-14H2,1H3,(H3,24,25);1-2H2. The van der Waals surface area contributed by atoms with Crippen LogP contribution in [0.4, 0.5) is 0 Å². The monoisotopic (exact) mass is 428 g/mol. The van der Waals surface area contributed by atoms with Crippen LogP contribution in [0.2, 0.25) is 5.15 Å². The first-order valence-electron chi connectivity index (χ1n) is 9.75. The Balaban J connectivity index is 0.00000155. The molecule has 1 aromatic heterocycles. The molecule has 160 valence electrons. The molecule has 0 bridgehead atoms. The van der Waals surface area contributed by atoms with E-state index < -0.39 is 0 Å². The number of nitrogens with two attached hydrogens (primary N) is 3. The first-order valence-corrected chi connectivity index (χ1v) is 10.1. The van der Waals surface area contributed by atoms with Gasteiger partial charge < -0.3 is 15.4 Å². The number of unbranched alkanes of at least 4 members (excludes halogenated alkanes) is 1. The van der Waals surface area contributed by atoms with E-state index in [0.29, 0.717) is 17.4 Å². The van der Waals surface area contributed by atoms with Crippen molar-refractivity contribution in [1.29, 1.82) is 5.41 Å². The van der Waals surface area contributed by atoms with Crippen LogP contribution >= 0.6 is 11.6 Å².